The lowest BCUT2D eigenvalue weighted by molar-refractivity contribution is 0.596. The maximum Gasteiger partial charge on any atom is 0.0550 e. The van der Waals surface area contributed by atoms with Gasteiger partial charge in [-0.05, 0) is 89.7 Å². The molecule has 0 radical (unpaired) electrons. The highest BCUT2D eigenvalue weighted by molar-refractivity contribution is 6.13. The van der Waals surface area contributed by atoms with Crippen molar-refractivity contribution in [2.75, 3.05) is 0 Å². The summed E-state index contributed by atoms with van der Waals surface area (Å²) < 4.78 is 4.85. The first-order chi connectivity index (χ1) is 20.9. The average Bonchev–Trinajstić information content (AvgIpc) is 3.53. The van der Waals surface area contributed by atoms with Crippen molar-refractivity contribution in [3.05, 3.63) is 145 Å². The van der Waals surface area contributed by atoms with Gasteiger partial charge in [0.25, 0.3) is 0 Å². The van der Waals surface area contributed by atoms with E-state index in [9.17, 15) is 0 Å². The molecule has 0 saturated heterocycles. The number of rotatable bonds is 3. The van der Waals surface area contributed by atoms with Crippen LogP contribution in [0.3, 0.4) is 0 Å². The predicted molar refractivity (Wildman–Crippen MR) is 184 cm³/mol. The topological polar surface area (TPSA) is 9.86 Å². The molecule has 0 unspecified atom stereocenters. The number of nitrogens with zero attached hydrogens (tertiary/aromatic N) is 2. The minimum absolute atomic E-state index is 0.0412. The predicted octanol–water partition coefficient (Wildman–Crippen LogP) is 11.2. The number of para-hydroxylation sites is 3. The molecule has 0 bridgehead atoms. The third kappa shape index (κ3) is 4.01. The van der Waals surface area contributed by atoms with E-state index in [1.165, 1.54) is 77.2 Å². The van der Waals surface area contributed by atoms with Crippen molar-refractivity contribution in [2.24, 2.45) is 0 Å². The van der Waals surface area contributed by atoms with E-state index >= 15 is 0 Å². The summed E-state index contributed by atoms with van der Waals surface area (Å²) in [5.74, 6) is 0. The summed E-state index contributed by atoms with van der Waals surface area (Å²) in [7, 11) is 0. The van der Waals surface area contributed by atoms with Gasteiger partial charge >= 0.3 is 0 Å². The smallest absolute Gasteiger partial charge is 0.0550 e. The summed E-state index contributed by atoms with van der Waals surface area (Å²) in [6, 6.07) is 49.0. The van der Waals surface area contributed by atoms with E-state index in [0.717, 1.165) is 0 Å². The second-order valence-electron chi connectivity index (χ2n) is 12.8. The van der Waals surface area contributed by atoms with Gasteiger partial charge < -0.3 is 9.13 Å². The van der Waals surface area contributed by atoms with Gasteiger partial charge in [-0.3, -0.25) is 0 Å². The summed E-state index contributed by atoms with van der Waals surface area (Å²) in [4.78, 5) is 0. The number of hydrogen-bond acceptors (Lipinski definition) is 0. The van der Waals surface area contributed by atoms with E-state index in [2.05, 4.69) is 170 Å². The lowest BCUT2D eigenvalue weighted by Gasteiger charge is -2.22. The molecular weight excluding hydrogens is 520 g/mol. The SMILES string of the molecule is Cc1ccc2c(c1)c1ccc(-c3cc(C(C)(C)C)c4c5ccccc5n(-c5ccccc5)c4c3)cc1n2-c1ccccc1. The summed E-state index contributed by atoms with van der Waals surface area (Å²) in [6.45, 7) is 9.17. The zero-order chi connectivity index (χ0) is 29.3. The van der Waals surface area contributed by atoms with Crippen molar-refractivity contribution >= 4 is 43.6 Å². The maximum atomic E-state index is 2.44. The van der Waals surface area contributed by atoms with E-state index in [0.29, 0.717) is 0 Å². The lowest BCUT2D eigenvalue weighted by atomic mass is 9.82. The van der Waals surface area contributed by atoms with E-state index in [1.807, 2.05) is 0 Å². The van der Waals surface area contributed by atoms with Gasteiger partial charge in [0.15, 0.2) is 0 Å². The Morgan fingerprint density at radius 3 is 1.74 bits per heavy atom. The minimum atomic E-state index is -0.0412. The number of hydrogen-bond donors (Lipinski definition) is 0. The van der Waals surface area contributed by atoms with Crippen LogP contribution in [0.1, 0.15) is 31.9 Å². The van der Waals surface area contributed by atoms with E-state index in [-0.39, 0.29) is 5.41 Å². The first-order valence-electron chi connectivity index (χ1n) is 15.1. The molecular formula is C41H34N2. The van der Waals surface area contributed by atoms with Crippen LogP contribution in [0.4, 0.5) is 0 Å². The number of fused-ring (bicyclic) bond motifs is 6. The molecule has 2 aromatic heterocycles. The summed E-state index contributed by atoms with van der Waals surface area (Å²) in [5, 5.41) is 5.21. The minimum Gasteiger partial charge on any atom is -0.309 e. The van der Waals surface area contributed by atoms with E-state index in [4.69, 9.17) is 0 Å². The molecule has 0 aliphatic heterocycles. The van der Waals surface area contributed by atoms with Gasteiger partial charge in [-0.25, -0.2) is 0 Å². The van der Waals surface area contributed by atoms with Gasteiger partial charge in [-0.2, -0.15) is 0 Å². The van der Waals surface area contributed by atoms with Crippen LogP contribution in [-0.4, -0.2) is 9.13 Å². The highest BCUT2D eigenvalue weighted by Gasteiger charge is 2.24. The van der Waals surface area contributed by atoms with Crippen LogP contribution in [0, 0.1) is 6.92 Å². The van der Waals surface area contributed by atoms with Gasteiger partial charge in [-0.1, -0.05) is 99.1 Å². The highest BCUT2D eigenvalue weighted by atomic mass is 15.0. The van der Waals surface area contributed by atoms with Crippen LogP contribution < -0.4 is 0 Å². The third-order valence-corrected chi connectivity index (χ3v) is 8.86. The molecule has 0 atom stereocenters. The van der Waals surface area contributed by atoms with Gasteiger partial charge in [-0.15, -0.1) is 0 Å². The second kappa shape index (κ2) is 9.47. The molecule has 0 aliphatic carbocycles. The summed E-state index contributed by atoms with van der Waals surface area (Å²) in [6.07, 6.45) is 0. The molecule has 0 aliphatic rings. The molecule has 8 aromatic rings. The number of benzene rings is 6. The Morgan fingerprint density at radius 2 is 1.05 bits per heavy atom. The summed E-state index contributed by atoms with van der Waals surface area (Å²) >= 11 is 0. The maximum absolute atomic E-state index is 2.44. The Balaban J connectivity index is 1.47. The zero-order valence-corrected chi connectivity index (χ0v) is 25.1. The van der Waals surface area contributed by atoms with Gasteiger partial charge in [0, 0.05) is 32.9 Å². The van der Waals surface area contributed by atoms with Crippen LogP contribution in [0.25, 0.3) is 66.1 Å². The molecule has 208 valence electrons. The van der Waals surface area contributed by atoms with Gasteiger partial charge in [0.2, 0.25) is 0 Å². The molecule has 0 spiro atoms. The Labute approximate surface area is 252 Å². The second-order valence-corrected chi connectivity index (χ2v) is 12.8. The van der Waals surface area contributed by atoms with Gasteiger partial charge in [0.1, 0.15) is 0 Å². The first kappa shape index (κ1) is 25.6. The fourth-order valence-corrected chi connectivity index (χ4v) is 6.88. The molecule has 2 heterocycles. The van der Waals surface area contributed by atoms with Crippen LogP contribution >= 0.6 is 0 Å². The van der Waals surface area contributed by atoms with Crippen LogP contribution in [0.15, 0.2) is 133 Å². The van der Waals surface area contributed by atoms with Crippen molar-refractivity contribution < 1.29 is 0 Å². The Hall–Kier alpha value is -5.08. The van der Waals surface area contributed by atoms with E-state index < -0.39 is 0 Å². The van der Waals surface area contributed by atoms with E-state index in [1.54, 1.807) is 0 Å². The Morgan fingerprint density at radius 1 is 0.442 bits per heavy atom. The fourth-order valence-electron chi connectivity index (χ4n) is 6.88. The molecule has 8 rings (SSSR count). The Kier molecular flexibility index (Phi) is 5.64. The third-order valence-electron chi connectivity index (χ3n) is 8.86. The first-order valence-corrected chi connectivity index (χ1v) is 15.1. The van der Waals surface area contributed by atoms with Crippen molar-refractivity contribution in [2.45, 2.75) is 33.1 Å². The molecule has 43 heavy (non-hydrogen) atoms. The van der Waals surface area contributed by atoms with Crippen LogP contribution in [-0.2, 0) is 5.41 Å². The molecule has 0 amide bonds. The van der Waals surface area contributed by atoms with Crippen molar-refractivity contribution in [3.8, 4) is 22.5 Å². The molecule has 6 aromatic carbocycles. The summed E-state index contributed by atoms with van der Waals surface area (Å²) in [5.41, 5.74) is 12.4. The molecule has 2 heteroatoms. The van der Waals surface area contributed by atoms with Gasteiger partial charge in [0.05, 0.1) is 22.1 Å². The molecule has 2 nitrogen and oxygen atoms in total. The largest absolute Gasteiger partial charge is 0.309 e. The normalized spacial score (nSPS) is 12.2. The number of aryl methyl sites for hydroxylation is 1. The fraction of sp³-hybridized carbons (Fsp3) is 0.122. The molecule has 0 N–H and O–H groups in total. The quantitative estimate of drug-likeness (QED) is 0.206. The average molecular weight is 555 g/mol. The number of aromatic nitrogens is 2. The highest BCUT2D eigenvalue weighted by Crippen LogP contribution is 2.42. The van der Waals surface area contributed by atoms with Crippen LogP contribution in [0.2, 0.25) is 0 Å². The Bertz CT molecular complexity index is 2310. The van der Waals surface area contributed by atoms with Crippen molar-refractivity contribution in [1.82, 2.24) is 9.13 Å². The lowest BCUT2D eigenvalue weighted by Crippen LogP contribution is -2.12. The van der Waals surface area contributed by atoms with Crippen LogP contribution in [0.5, 0.6) is 0 Å². The molecule has 0 saturated carbocycles. The van der Waals surface area contributed by atoms with Crippen molar-refractivity contribution in [1.29, 1.82) is 0 Å². The van der Waals surface area contributed by atoms with Crippen molar-refractivity contribution in [3.63, 3.8) is 0 Å². The standard InChI is InChI=1S/C41H34N2/c1-27-19-22-37-34(23-27)32-21-20-28(25-38(32)42(37)30-13-7-5-8-14-30)29-24-35(41(2,3)4)40-33-17-11-12-18-36(33)43(39(40)26-29)31-15-9-6-10-16-31/h5-26H,1-4H3. The molecule has 0 fully saturated rings. The zero-order valence-electron chi connectivity index (χ0n) is 25.1. The monoisotopic (exact) mass is 554 g/mol.